The number of hydrogen-bond donors (Lipinski definition) is 1. The maximum Gasteiger partial charge on any atom is 0.170 e. The molecular formula is C21H15Cl3O3. The Morgan fingerprint density at radius 2 is 1.59 bits per heavy atom. The summed E-state index contributed by atoms with van der Waals surface area (Å²) in [5.41, 5.74) is 1.78. The molecule has 0 bridgehead atoms. The average molecular weight is 422 g/mol. The van der Waals surface area contributed by atoms with Gasteiger partial charge >= 0.3 is 0 Å². The van der Waals surface area contributed by atoms with Gasteiger partial charge in [-0.3, -0.25) is 4.79 Å². The highest BCUT2D eigenvalue weighted by Gasteiger charge is 2.13. The van der Waals surface area contributed by atoms with E-state index in [0.29, 0.717) is 20.8 Å². The van der Waals surface area contributed by atoms with Gasteiger partial charge in [0, 0.05) is 33.1 Å². The van der Waals surface area contributed by atoms with Crippen molar-refractivity contribution in [3.63, 3.8) is 0 Å². The number of ether oxygens (including phenoxy) is 1. The lowest BCUT2D eigenvalue weighted by Gasteiger charge is -2.10. The summed E-state index contributed by atoms with van der Waals surface area (Å²) in [6.45, 7) is 0.191. The first-order valence-corrected chi connectivity index (χ1v) is 9.23. The summed E-state index contributed by atoms with van der Waals surface area (Å²) in [5, 5.41) is 11.9. The van der Waals surface area contributed by atoms with E-state index < -0.39 is 0 Å². The SMILES string of the molecule is O=C(Cc1ccc(Cl)cc1)c1ccc(OCc2cc(Cl)ccc2Cl)cc1O. The Labute approximate surface area is 172 Å². The molecule has 0 saturated heterocycles. The molecule has 0 radical (unpaired) electrons. The van der Waals surface area contributed by atoms with Crippen LogP contribution in [0.5, 0.6) is 11.5 Å². The fraction of sp³-hybridized carbons (Fsp3) is 0.0952. The van der Waals surface area contributed by atoms with E-state index in [2.05, 4.69) is 0 Å². The quantitative estimate of drug-likeness (QED) is 0.471. The maximum absolute atomic E-state index is 12.4. The second-order valence-electron chi connectivity index (χ2n) is 5.93. The summed E-state index contributed by atoms with van der Waals surface area (Å²) in [7, 11) is 0. The second-order valence-corrected chi connectivity index (χ2v) is 7.21. The van der Waals surface area contributed by atoms with E-state index in [1.165, 1.54) is 6.07 Å². The van der Waals surface area contributed by atoms with Gasteiger partial charge in [0.05, 0.1) is 5.56 Å². The molecule has 0 unspecified atom stereocenters. The molecule has 0 aliphatic heterocycles. The Kier molecular flexibility index (Phi) is 6.27. The van der Waals surface area contributed by atoms with Gasteiger partial charge in [0.1, 0.15) is 18.1 Å². The largest absolute Gasteiger partial charge is 0.507 e. The molecule has 27 heavy (non-hydrogen) atoms. The van der Waals surface area contributed by atoms with Crippen LogP contribution in [0.25, 0.3) is 0 Å². The van der Waals surface area contributed by atoms with Crippen molar-refractivity contribution in [2.45, 2.75) is 13.0 Å². The van der Waals surface area contributed by atoms with Crippen LogP contribution in [0, 0.1) is 0 Å². The van der Waals surface area contributed by atoms with Gasteiger partial charge in [0.15, 0.2) is 5.78 Å². The van der Waals surface area contributed by atoms with Crippen molar-refractivity contribution < 1.29 is 14.6 Å². The number of Topliss-reactive ketones (excluding diaryl/α,β-unsaturated/α-hetero) is 1. The number of benzene rings is 3. The Morgan fingerprint density at radius 1 is 0.889 bits per heavy atom. The fourth-order valence-corrected chi connectivity index (χ4v) is 3.03. The molecule has 0 aliphatic rings. The molecule has 0 aliphatic carbocycles. The summed E-state index contributed by atoms with van der Waals surface area (Å²) < 4.78 is 5.65. The zero-order valence-electron chi connectivity index (χ0n) is 14.1. The number of aromatic hydroxyl groups is 1. The zero-order chi connectivity index (χ0) is 19.4. The van der Waals surface area contributed by atoms with Gasteiger partial charge in [0.25, 0.3) is 0 Å². The third kappa shape index (κ3) is 5.16. The number of carbonyl (C=O) groups is 1. The predicted molar refractivity (Wildman–Crippen MR) is 108 cm³/mol. The summed E-state index contributed by atoms with van der Waals surface area (Å²) in [6, 6.07) is 16.7. The molecule has 3 nitrogen and oxygen atoms in total. The van der Waals surface area contributed by atoms with E-state index in [4.69, 9.17) is 39.5 Å². The van der Waals surface area contributed by atoms with Gasteiger partial charge in [-0.1, -0.05) is 46.9 Å². The van der Waals surface area contributed by atoms with E-state index in [1.54, 1.807) is 54.6 Å². The van der Waals surface area contributed by atoms with Crippen LogP contribution in [0.3, 0.4) is 0 Å². The van der Waals surface area contributed by atoms with Crippen LogP contribution in [-0.4, -0.2) is 10.9 Å². The van der Waals surface area contributed by atoms with Gasteiger partial charge in [0.2, 0.25) is 0 Å². The minimum absolute atomic E-state index is 0.136. The molecule has 6 heteroatoms. The van der Waals surface area contributed by atoms with Crippen molar-refractivity contribution >= 4 is 40.6 Å². The average Bonchev–Trinajstić information content (AvgIpc) is 2.64. The standard InChI is InChI=1S/C21H15Cl3O3/c22-15-3-1-13(2-4-15)9-20(25)18-7-6-17(11-21(18)26)27-12-14-10-16(23)5-8-19(14)24/h1-8,10-11,26H,9,12H2. The van der Waals surface area contributed by atoms with Crippen molar-refractivity contribution in [1.82, 2.24) is 0 Å². The lowest BCUT2D eigenvalue weighted by atomic mass is 10.0. The van der Waals surface area contributed by atoms with E-state index in [1.807, 2.05) is 0 Å². The monoisotopic (exact) mass is 420 g/mol. The van der Waals surface area contributed by atoms with Crippen molar-refractivity contribution in [3.05, 3.63) is 92.4 Å². The Bertz CT molecular complexity index is 969. The molecular weight excluding hydrogens is 407 g/mol. The minimum atomic E-state index is -0.195. The molecule has 3 aromatic carbocycles. The smallest absolute Gasteiger partial charge is 0.170 e. The maximum atomic E-state index is 12.4. The van der Waals surface area contributed by atoms with E-state index in [9.17, 15) is 9.90 Å². The molecule has 3 rings (SSSR count). The first-order chi connectivity index (χ1) is 12.9. The molecule has 3 aromatic rings. The molecule has 0 atom stereocenters. The zero-order valence-corrected chi connectivity index (χ0v) is 16.4. The topological polar surface area (TPSA) is 46.5 Å². The summed E-state index contributed by atoms with van der Waals surface area (Å²) in [5.74, 6) is 0.0921. The first-order valence-electron chi connectivity index (χ1n) is 8.10. The molecule has 0 aromatic heterocycles. The van der Waals surface area contributed by atoms with Crippen molar-refractivity contribution in [1.29, 1.82) is 0 Å². The van der Waals surface area contributed by atoms with Crippen LogP contribution in [0.2, 0.25) is 15.1 Å². The third-order valence-corrected chi connectivity index (χ3v) is 4.81. The van der Waals surface area contributed by atoms with Gasteiger partial charge in [-0.25, -0.2) is 0 Å². The lowest BCUT2D eigenvalue weighted by Crippen LogP contribution is -2.04. The highest BCUT2D eigenvalue weighted by atomic mass is 35.5. The number of hydrogen-bond acceptors (Lipinski definition) is 3. The van der Waals surface area contributed by atoms with Gasteiger partial charge in [-0.15, -0.1) is 0 Å². The number of rotatable bonds is 6. The lowest BCUT2D eigenvalue weighted by molar-refractivity contribution is 0.0990. The highest BCUT2D eigenvalue weighted by Crippen LogP contribution is 2.27. The molecule has 1 N–H and O–H groups in total. The van der Waals surface area contributed by atoms with Gasteiger partial charge in [-0.2, -0.15) is 0 Å². The Balaban J connectivity index is 1.68. The molecule has 0 fully saturated rings. The van der Waals surface area contributed by atoms with E-state index in [-0.39, 0.29) is 30.1 Å². The molecule has 0 spiro atoms. The fourth-order valence-electron chi connectivity index (χ4n) is 2.53. The van der Waals surface area contributed by atoms with Crippen molar-refractivity contribution in [3.8, 4) is 11.5 Å². The number of ketones is 1. The van der Waals surface area contributed by atoms with Crippen molar-refractivity contribution in [2.24, 2.45) is 0 Å². The van der Waals surface area contributed by atoms with E-state index in [0.717, 1.165) is 11.1 Å². The minimum Gasteiger partial charge on any atom is -0.507 e. The predicted octanol–water partition coefficient (Wildman–Crippen LogP) is 6.36. The molecule has 0 saturated carbocycles. The molecule has 138 valence electrons. The van der Waals surface area contributed by atoms with Crippen molar-refractivity contribution in [2.75, 3.05) is 0 Å². The van der Waals surface area contributed by atoms with Gasteiger partial charge in [-0.05, 0) is 48.0 Å². The highest BCUT2D eigenvalue weighted by molar-refractivity contribution is 6.33. The van der Waals surface area contributed by atoms with Crippen LogP contribution in [-0.2, 0) is 13.0 Å². The second kappa shape index (κ2) is 8.66. The number of halogens is 3. The van der Waals surface area contributed by atoms with Crippen LogP contribution in [0.4, 0.5) is 0 Å². The van der Waals surface area contributed by atoms with Gasteiger partial charge < -0.3 is 9.84 Å². The Morgan fingerprint density at radius 3 is 2.30 bits per heavy atom. The van der Waals surface area contributed by atoms with Crippen LogP contribution in [0.15, 0.2) is 60.7 Å². The van der Waals surface area contributed by atoms with Crippen LogP contribution in [0.1, 0.15) is 21.5 Å². The van der Waals surface area contributed by atoms with Crippen LogP contribution >= 0.6 is 34.8 Å². The first kappa shape index (κ1) is 19.6. The molecule has 0 heterocycles. The summed E-state index contributed by atoms with van der Waals surface area (Å²) in [6.07, 6.45) is 0.170. The Hall–Kier alpha value is -2.20. The number of phenolic OH excluding ortho intramolecular Hbond substituents is 1. The summed E-state index contributed by atoms with van der Waals surface area (Å²) in [4.78, 5) is 12.4. The number of phenols is 1. The number of carbonyl (C=O) groups excluding carboxylic acids is 1. The third-order valence-electron chi connectivity index (χ3n) is 3.95. The van der Waals surface area contributed by atoms with Crippen LogP contribution < -0.4 is 4.74 Å². The molecule has 0 amide bonds. The normalized spacial score (nSPS) is 10.6. The van der Waals surface area contributed by atoms with E-state index >= 15 is 0 Å². The summed E-state index contributed by atoms with van der Waals surface area (Å²) >= 11 is 17.9.